The maximum Gasteiger partial charge on any atom is 0.275 e. The van der Waals surface area contributed by atoms with Crippen LogP contribution in [0.2, 0.25) is 0 Å². The summed E-state index contributed by atoms with van der Waals surface area (Å²) in [5.74, 6) is 0.642. The molecular weight excluding hydrogens is 330 g/mol. The van der Waals surface area contributed by atoms with E-state index >= 15 is 0 Å². The van der Waals surface area contributed by atoms with Crippen molar-refractivity contribution >= 4 is 22.4 Å². The zero-order valence-electron chi connectivity index (χ0n) is 14.8. The molecule has 0 aliphatic rings. The first-order valence-electron chi connectivity index (χ1n) is 8.51. The van der Waals surface area contributed by atoms with Crippen LogP contribution in [0.4, 0.5) is 5.69 Å². The molecule has 0 atom stereocenters. The topological polar surface area (TPSA) is 73.2 Å². The quantitative estimate of drug-likeness (QED) is 0.741. The van der Waals surface area contributed by atoms with E-state index < -0.39 is 0 Å². The van der Waals surface area contributed by atoms with Crippen LogP contribution in [0.15, 0.2) is 59.5 Å². The molecule has 3 rings (SSSR count). The summed E-state index contributed by atoms with van der Waals surface area (Å²) in [6.07, 6.45) is 1.59. The Morgan fingerprint density at radius 1 is 1.15 bits per heavy atom. The number of nitrogens with one attached hydrogen (secondary N) is 1. The Kier molecular flexibility index (Phi) is 5.31. The van der Waals surface area contributed by atoms with Gasteiger partial charge < -0.3 is 10.1 Å². The van der Waals surface area contributed by atoms with Gasteiger partial charge in [0.05, 0.1) is 23.9 Å². The van der Waals surface area contributed by atoms with Gasteiger partial charge in [-0.25, -0.2) is 4.68 Å². The number of para-hydroxylation sites is 2. The molecule has 6 heteroatoms. The molecule has 134 valence electrons. The number of hydrogen-bond acceptors (Lipinski definition) is 4. The van der Waals surface area contributed by atoms with Gasteiger partial charge in [-0.2, -0.15) is 5.10 Å². The second-order valence-corrected chi connectivity index (χ2v) is 6.44. The lowest BCUT2D eigenvalue weighted by Gasteiger charge is -2.14. The van der Waals surface area contributed by atoms with Crippen LogP contribution in [0.1, 0.15) is 13.8 Å². The minimum atomic E-state index is -0.338. The Morgan fingerprint density at radius 2 is 1.88 bits per heavy atom. The number of anilines is 1. The van der Waals surface area contributed by atoms with E-state index in [1.54, 1.807) is 30.5 Å². The summed E-state index contributed by atoms with van der Waals surface area (Å²) >= 11 is 0. The van der Waals surface area contributed by atoms with Crippen molar-refractivity contribution in [2.24, 2.45) is 5.92 Å². The third-order valence-corrected chi connectivity index (χ3v) is 3.79. The van der Waals surface area contributed by atoms with E-state index in [0.717, 1.165) is 10.1 Å². The minimum absolute atomic E-state index is 0.165. The van der Waals surface area contributed by atoms with Gasteiger partial charge >= 0.3 is 0 Å². The van der Waals surface area contributed by atoms with Crippen molar-refractivity contribution in [3.05, 3.63) is 65.1 Å². The molecule has 0 aliphatic carbocycles. The van der Waals surface area contributed by atoms with E-state index in [1.165, 1.54) is 0 Å². The Labute approximate surface area is 151 Å². The van der Waals surface area contributed by atoms with E-state index in [2.05, 4.69) is 24.3 Å². The molecule has 0 spiro atoms. The van der Waals surface area contributed by atoms with E-state index in [9.17, 15) is 9.59 Å². The molecule has 0 saturated heterocycles. The summed E-state index contributed by atoms with van der Waals surface area (Å²) in [4.78, 5) is 24.9. The number of carbonyl (C=O) groups is 1. The van der Waals surface area contributed by atoms with Crippen molar-refractivity contribution in [2.45, 2.75) is 20.4 Å². The van der Waals surface area contributed by atoms with Gasteiger partial charge in [0.25, 0.3) is 5.56 Å². The number of fused-ring (bicyclic) bond motifs is 1. The van der Waals surface area contributed by atoms with Crippen LogP contribution in [0.5, 0.6) is 5.75 Å². The largest absolute Gasteiger partial charge is 0.491 e. The van der Waals surface area contributed by atoms with Gasteiger partial charge in [0, 0.05) is 5.39 Å². The van der Waals surface area contributed by atoms with Gasteiger partial charge in [0.15, 0.2) is 0 Å². The third kappa shape index (κ3) is 4.08. The van der Waals surface area contributed by atoms with Crippen LogP contribution in [-0.4, -0.2) is 22.3 Å². The molecule has 1 amide bonds. The lowest BCUT2D eigenvalue weighted by molar-refractivity contribution is -0.117. The van der Waals surface area contributed by atoms with Crippen molar-refractivity contribution < 1.29 is 9.53 Å². The molecule has 1 N–H and O–H groups in total. The number of carbonyl (C=O) groups excluding carboxylic acids is 1. The Hall–Kier alpha value is -3.15. The molecule has 0 aliphatic heterocycles. The SMILES string of the molecule is CC(C)COc1ccccc1NC(=O)Cn1ncc2ccccc2c1=O. The molecule has 0 unspecified atom stereocenters. The Bertz CT molecular complexity index is 979. The van der Waals surface area contributed by atoms with Gasteiger partial charge in [-0.1, -0.05) is 44.2 Å². The molecule has 0 saturated carbocycles. The van der Waals surface area contributed by atoms with Crippen molar-refractivity contribution in [1.29, 1.82) is 0 Å². The van der Waals surface area contributed by atoms with Gasteiger partial charge in [0.2, 0.25) is 5.91 Å². The molecule has 26 heavy (non-hydrogen) atoms. The number of amides is 1. The zero-order valence-corrected chi connectivity index (χ0v) is 14.8. The highest BCUT2D eigenvalue weighted by atomic mass is 16.5. The summed E-state index contributed by atoms with van der Waals surface area (Å²) < 4.78 is 6.89. The number of benzene rings is 2. The Morgan fingerprint density at radius 3 is 2.69 bits per heavy atom. The molecule has 0 fully saturated rings. The fraction of sp³-hybridized carbons (Fsp3) is 0.250. The van der Waals surface area contributed by atoms with Gasteiger partial charge in [-0.15, -0.1) is 0 Å². The van der Waals surface area contributed by atoms with E-state index in [4.69, 9.17) is 4.74 Å². The lowest BCUT2D eigenvalue weighted by atomic mass is 10.2. The first-order chi connectivity index (χ1) is 12.5. The smallest absolute Gasteiger partial charge is 0.275 e. The molecule has 6 nitrogen and oxygen atoms in total. The summed E-state index contributed by atoms with van der Waals surface area (Å²) in [6, 6.07) is 14.4. The van der Waals surface area contributed by atoms with E-state index in [0.29, 0.717) is 29.3 Å². The molecule has 2 aromatic carbocycles. The van der Waals surface area contributed by atoms with Gasteiger partial charge in [-0.3, -0.25) is 9.59 Å². The van der Waals surface area contributed by atoms with Crippen LogP contribution in [0.3, 0.4) is 0 Å². The summed E-state index contributed by atoms with van der Waals surface area (Å²) in [5.41, 5.74) is 0.287. The van der Waals surface area contributed by atoms with Gasteiger partial charge in [-0.05, 0) is 24.1 Å². The fourth-order valence-electron chi connectivity index (χ4n) is 2.52. The number of nitrogens with zero attached hydrogens (tertiary/aromatic N) is 2. The number of rotatable bonds is 6. The maximum atomic E-state index is 12.5. The third-order valence-electron chi connectivity index (χ3n) is 3.79. The molecular formula is C20H21N3O3. The van der Waals surface area contributed by atoms with Crippen molar-refractivity contribution in [2.75, 3.05) is 11.9 Å². The normalized spacial score (nSPS) is 10.9. The zero-order chi connectivity index (χ0) is 18.5. The number of ether oxygens (including phenoxy) is 1. The summed E-state index contributed by atoms with van der Waals surface area (Å²) in [7, 11) is 0. The lowest BCUT2D eigenvalue weighted by Crippen LogP contribution is -2.29. The molecule has 1 heterocycles. The van der Waals surface area contributed by atoms with Gasteiger partial charge in [0.1, 0.15) is 12.3 Å². The standard InChI is InChI=1S/C20H21N3O3/c1-14(2)13-26-18-10-6-5-9-17(18)22-19(24)12-23-20(25)16-8-4-3-7-15(16)11-21-23/h3-11,14H,12-13H2,1-2H3,(H,22,24). The average Bonchev–Trinajstić information content (AvgIpc) is 2.63. The second kappa shape index (κ2) is 7.82. The first-order valence-corrected chi connectivity index (χ1v) is 8.51. The van der Waals surface area contributed by atoms with Crippen LogP contribution in [0.25, 0.3) is 10.8 Å². The number of aromatic nitrogens is 2. The van der Waals surface area contributed by atoms with Crippen LogP contribution in [0, 0.1) is 5.92 Å². The van der Waals surface area contributed by atoms with Crippen molar-refractivity contribution in [3.63, 3.8) is 0 Å². The molecule has 1 aromatic heterocycles. The minimum Gasteiger partial charge on any atom is -0.491 e. The summed E-state index contributed by atoms with van der Waals surface area (Å²) in [5, 5.41) is 8.17. The average molecular weight is 351 g/mol. The predicted molar refractivity (Wildman–Crippen MR) is 101 cm³/mol. The highest BCUT2D eigenvalue weighted by Gasteiger charge is 2.11. The number of hydrogen-bond donors (Lipinski definition) is 1. The Balaban J connectivity index is 1.76. The van der Waals surface area contributed by atoms with Crippen LogP contribution < -0.4 is 15.6 Å². The van der Waals surface area contributed by atoms with Crippen molar-refractivity contribution in [1.82, 2.24) is 9.78 Å². The van der Waals surface area contributed by atoms with E-state index in [1.807, 2.05) is 24.3 Å². The predicted octanol–water partition coefficient (Wildman–Crippen LogP) is 3.07. The maximum absolute atomic E-state index is 12.5. The van der Waals surface area contributed by atoms with Crippen LogP contribution >= 0.6 is 0 Å². The first kappa shape index (κ1) is 17.7. The fourth-order valence-corrected chi connectivity index (χ4v) is 2.52. The highest BCUT2D eigenvalue weighted by Crippen LogP contribution is 2.24. The molecule has 0 radical (unpaired) electrons. The molecule has 0 bridgehead atoms. The van der Waals surface area contributed by atoms with E-state index in [-0.39, 0.29) is 18.0 Å². The summed E-state index contributed by atoms with van der Waals surface area (Å²) in [6.45, 7) is 4.50. The second-order valence-electron chi connectivity index (χ2n) is 6.44. The van der Waals surface area contributed by atoms with Crippen molar-refractivity contribution in [3.8, 4) is 5.75 Å². The van der Waals surface area contributed by atoms with Crippen LogP contribution in [-0.2, 0) is 11.3 Å². The molecule has 3 aromatic rings. The monoisotopic (exact) mass is 351 g/mol. The highest BCUT2D eigenvalue weighted by molar-refractivity contribution is 5.92.